The molecule has 1 aliphatic rings. The highest BCUT2D eigenvalue weighted by Crippen LogP contribution is 2.35. The van der Waals surface area contributed by atoms with Gasteiger partial charge in [-0.25, -0.2) is 9.78 Å². The number of H-pyrrole nitrogens is 1. The fourth-order valence-electron chi connectivity index (χ4n) is 3.01. The van der Waals surface area contributed by atoms with E-state index in [2.05, 4.69) is 20.0 Å². The number of esters is 2. The highest BCUT2D eigenvalue weighted by Gasteiger charge is 2.30. The number of rotatable bonds is 5. The molecule has 0 radical (unpaired) electrons. The summed E-state index contributed by atoms with van der Waals surface area (Å²) in [5.74, 6) is -1.63. The summed E-state index contributed by atoms with van der Waals surface area (Å²) in [5.41, 5.74) is 1.19. The first kappa shape index (κ1) is 19.7. The second-order valence-corrected chi connectivity index (χ2v) is 6.12. The first-order valence-corrected chi connectivity index (χ1v) is 8.31. The van der Waals surface area contributed by atoms with Crippen LogP contribution in [0.1, 0.15) is 32.9 Å². The van der Waals surface area contributed by atoms with Gasteiger partial charge >= 0.3 is 11.9 Å². The molecule has 0 atom stereocenters. The third-order valence-corrected chi connectivity index (χ3v) is 4.42. The molecule has 0 fully saturated rings. The number of carbonyl (C=O) groups excluding carboxylic acids is 3. The Balaban J connectivity index is 2.16. The normalized spacial score (nSPS) is 13.8. The third kappa shape index (κ3) is 3.57. The van der Waals surface area contributed by atoms with Crippen LogP contribution in [0.3, 0.4) is 0 Å². The zero-order valence-electron chi connectivity index (χ0n) is 15.7. The molecule has 150 valence electrons. The Morgan fingerprint density at radius 1 is 1.31 bits per heavy atom. The van der Waals surface area contributed by atoms with Gasteiger partial charge in [-0.05, 0) is 18.6 Å². The lowest BCUT2D eigenvalue weighted by Gasteiger charge is -2.04. The molecule has 0 saturated carbocycles. The van der Waals surface area contributed by atoms with E-state index in [1.165, 1.54) is 26.4 Å². The van der Waals surface area contributed by atoms with E-state index in [-0.39, 0.29) is 40.3 Å². The number of hydrogen-bond donors (Lipinski definition) is 2. The molecule has 0 saturated heterocycles. The van der Waals surface area contributed by atoms with E-state index in [1.807, 2.05) is 0 Å². The van der Waals surface area contributed by atoms with Crippen LogP contribution in [-0.2, 0) is 25.5 Å². The summed E-state index contributed by atoms with van der Waals surface area (Å²) in [6, 6.07) is 1.22. The number of nitrogens with one attached hydrogen (secondary N) is 2. The van der Waals surface area contributed by atoms with Crippen LogP contribution in [0.4, 0.5) is 11.5 Å². The van der Waals surface area contributed by atoms with Gasteiger partial charge in [0, 0.05) is 17.3 Å². The number of aromatic nitrogens is 2. The number of amides is 1. The molecule has 0 aliphatic carbocycles. The minimum atomic E-state index is -0.712. The number of pyridine rings is 1. The van der Waals surface area contributed by atoms with Crippen LogP contribution in [0.5, 0.6) is 0 Å². The minimum Gasteiger partial charge on any atom is -0.469 e. The lowest BCUT2D eigenvalue weighted by atomic mass is 10.0. The maximum absolute atomic E-state index is 12.4. The van der Waals surface area contributed by atoms with E-state index in [4.69, 9.17) is 4.74 Å². The standard InChI is InChI=1S/C18H16N4O7/c1-8-10(6-14(23)28-2)15(18(25)29-3)13(20-8)5-12-11-4-9(22(26)27)7-19-16(11)21-17(12)24/h4-5,7,20H,6H2,1-3H3,(H,19,21,24). The summed E-state index contributed by atoms with van der Waals surface area (Å²) in [4.78, 5) is 53.7. The maximum Gasteiger partial charge on any atom is 0.340 e. The number of ether oxygens (including phenoxy) is 2. The molecule has 11 nitrogen and oxygen atoms in total. The van der Waals surface area contributed by atoms with Gasteiger partial charge in [0.15, 0.2) is 0 Å². The SMILES string of the molecule is COC(=O)Cc1c(C)[nH]c(C=C2C(=O)Nc3ncc([N+](=O)[O-])cc32)c1C(=O)OC. The number of methoxy groups -OCH3 is 2. The Morgan fingerprint density at radius 3 is 2.66 bits per heavy atom. The lowest BCUT2D eigenvalue weighted by molar-refractivity contribution is -0.385. The number of aryl methyl sites for hydroxylation is 1. The molecule has 0 spiro atoms. The number of carbonyl (C=O) groups is 3. The van der Waals surface area contributed by atoms with Crippen molar-refractivity contribution in [3.8, 4) is 0 Å². The van der Waals surface area contributed by atoms with E-state index in [1.54, 1.807) is 6.92 Å². The van der Waals surface area contributed by atoms with Crippen molar-refractivity contribution in [3.05, 3.63) is 50.5 Å². The second-order valence-electron chi connectivity index (χ2n) is 6.12. The summed E-state index contributed by atoms with van der Waals surface area (Å²) in [5, 5.41) is 13.6. The number of nitrogens with zero attached hydrogens (tertiary/aromatic N) is 2. The predicted molar refractivity (Wildman–Crippen MR) is 100.0 cm³/mol. The van der Waals surface area contributed by atoms with Gasteiger partial charge < -0.3 is 19.8 Å². The summed E-state index contributed by atoms with van der Waals surface area (Å²) < 4.78 is 9.48. The van der Waals surface area contributed by atoms with Crippen molar-refractivity contribution in [1.29, 1.82) is 0 Å². The average molecular weight is 400 g/mol. The third-order valence-electron chi connectivity index (χ3n) is 4.42. The minimum absolute atomic E-state index is 0.0718. The van der Waals surface area contributed by atoms with Gasteiger partial charge in [-0.3, -0.25) is 19.7 Å². The molecule has 2 aromatic rings. The van der Waals surface area contributed by atoms with E-state index >= 15 is 0 Å². The van der Waals surface area contributed by atoms with Crippen molar-refractivity contribution in [1.82, 2.24) is 9.97 Å². The molecule has 2 N–H and O–H groups in total. The van der Waals surface area contributed by atoms with E-state index in [9.17, 15) is 24.5 Å². The molecule has 2 aromatic heterocycles. The van der Waals surface area contributed by atoms with Crippen molar-refractivity contribution in [2.24, 2.45) is 0 Å². The summed E-state index contributed by atoms with van der Waals surface area (Å²) in [7, 11) is 2.42. The van der Waals surface area contributed by atoms with E-state index in [0.29, 0.717) is 11.3 Å². The molecular weight excluding hydrogens is 384 g/mol. The molecular formula is C18H16N4O7. The quantitative estimate of drug-likeness (QED) is 0.332. The highest BCUT2D eigenvalue weighted by atomic mass is 16.6. The van der Waals surface area contributed by atoms with Gasteiger partial charge in [0.2, 0.25) is 0 Å². The first-order valence-electron chi connectivity index (χ1n) is 8.31. The Morgan fingerprint density at radius 2 is 2.03 bits per heavy atom. The van der Waals surface area contributed by atoms with Gasteiger partial charge in [0.1, 0.15) is 12.0 Å². The fourth-order valence-corrected chi connectivity index (χ4v) is 3.01. The highest BCUT2D eigenvalue weighted by molar-refractivity contribution is 6.34. The summed E-state index contributed by atoms with van der Waals surface area (Å²) in [6.45, 7) is 1.65. The Bertz CT molecular complexity index is 1080. The fraction of sp³-hybridized carbons (Fsp3) is 0.222. The zero-order valence-corrected chi connectivity index (χ0v) is 15.7. The van der Waals surface area contributed by atoms with Gasteiger partial charge in [-0.1, -0.05) is 0 Å². The van der Waals surface area contributed by atoms with Crippen LogP contribution in [0.2, 0.25) is 0 Å². The Hall–Kier alpha value is -4.02. The van der Waals surface area contributed by atoms with Crippen LogP contribution >= 0.6 is 0 Å². The molecule has 3 heterocycles. The second kappa shape index (κ2) is 7.54. The zero-order chi connectivity index (χ0) is 21.3. The molecule has 29 heavy (non-hydrogen) atoms. The maximum atomic E-state index is 12.4. The van der Waals surface area contributed by atoms with Crippen LogP contribution in [0.25, 0.3) is 11.6 Å². The van der Waals surface area contributed by atoms with Crippen LogP contribution in [-0.4, -0.2) is 47.0 Å². The average Bonchev–Trinajstić information content (AvgIpc) is 3.17. The van der Waals surface area contributed by atoms with Crippen LogP contribution in [0.15, 0.2) is 12.3 Å². The molecule has 3 rings (SSSR count). The van der Waals surface area contributed by atoms with Gasteiger partial charge in [-0.15, -0.1) is 0 Å². The number of aromatic amines is 1. The lowest BCUT2D eigenvalue weighted by Crippen LogP contribution is -2.11. The monoisotopic (exact) mass is 400 g/mol. The Kier molecular flexibility index (Phi) is 5.13. The smallest absolute Gasteiger partial charge is 0.340 e. The first-order chi connectivity index (χ1) is 13.8. The van der Waals surface area contributed by atoms with E-state index in [0.717, 1.165) is 6.20 Å². The van der Waals surface area contributed by atoms with Crippen molar-refractivity contribution in [2.75, 3.05) is 19.5 Å². The van der Waals surface area contributed by atoms with Crippen molar-refractivity contribution < 1.29 is 28.8 Å². The predicted octanol–water partition coefficient (Wildman–Crippen LogP) is 1.62. The number of fused-ring (bicyclic) bond motifs is 1. The van der Waals surface area contributed by atoms with Crippen LogP contribution in [0, 0.1) is 17.0 Å². The number of anilines is 1. The summed E-state index contributed by atoms with van der Waals surface area (Å²) >= 11 is 0. The van der Waals surface area contributed by atoms with Crippen molar-refractivity contribution >= 4 is 41.0 Å². The molecule has 0 aromatic carbocycles. The van der Waals surface area contributed by atoms with Gasteiger partial charge in [0.25, 0.3) is 11.6 Å². The molecule has 11 heteroatoms. The van der Waals surface area contributed by atoms with Crippen LogP contribution < -0.4 is 5.32 Å². The number of nitro groups is 1. The van der Waals surface area contributed by atoms with Crippen molar-refractivity contribution in [3.63, 3.8) is 0 Å². The molecule has 0 bridgehead atoms. The summed E-state index contributed by atoms with van der Waals surface area (Å²) in [6.07, 6.45) is 2.23. The Labute approximate surface area is 163 Å². The topological polar surface area (TPSA) is 154 Å². The van der Waals surface area contributed by atoms with Crippen molar-refractivity contribution in [2.45, 2.75) is 13.3 Å². The van der Waals surface area contributed by atoms with E-state index < -0.39 is 22.8 Å². The number of hydrogen-bond acceptors (Lipinski definition) is 8. The van der Waals surface area contributed by atoms with Gasteiger partial charge in [0.05, 0.1) is 42.4 Å². The molecule has 1 amide bonds. The van der Waals surface area contributed by atoms with Gasteiger partial charge in [-0.2, -0.15) is 0 Å². The molecule has 0 unspecified atom stereocenters. The molecule has 1 aliphatic heterocycles. The largest absolute Gasteiger partial charge is 0.469 e.